The first kappa shape index (κ1) is 22.4. The maximum atomic E-state index is 14.8. The molecule has 0 saturated carbocycles. The molecule has 0 aliphatic heterocycles. The molecule has 0 aliphatic rings. The molecule has 26 heavy (non-hydrogen) atoms. The van der Waals surface area contributed by atoms with Crippen LogP contribution in [0.2, 0.25) is 18.1 Å². The molecule has 0 atom stereocenters. The van der Waals surface area contributed by atoms with E-state index in [1.54, 1.807) is 13.8 Å². The van der Waals surface area contributed by atoms with Crippen molar-refractivity contribution in [1.82, 2.24) is 4.98 Å². The van der Waals surface area contributed by atoms with Gasteiger partial charge in [0.15, 0.2) is 25.7 Å². The van der Waals surface area contributed by atoms with Gasteiger partial charge in [-0.2, -0.15) is 0 Å². The Hall–Kier alpha value is -1.60. The zero-order chi connectivity index (χ0) is 20.5. The van der Waals surface area contributed by atoms with E-state index in [1.165, 1.54) is 24.1 Å². The van der Waals surface area contributed by atoms with Crippen LogP contribution in [0.4, 0.5) is 10.2 Å². The Morgan fingerprint density at radius 1 is 1.27 bits per heavy atom. The number of hydrogen-bond acceptors (Lipinski definition) is 4. The van der Waals surface area contributed by atoms with Gasteiger partial charge in [-0.25, -0.2) is 9.37 Å². The van der Waals surface area contributed by atoms with Crippen molar-refractivity contribution >= 4 is 25.8 Å². The summed E-state index contributed by atoms with van der Waals surface area (Å²) >= 11 is 0. The smallest absolute Gasteiger partial charge is 0.225 e. The lowest BCUT2D eigenvalue weighted by Gasteiger charge is -2.42. The van der Waals surface area contributed by atoms with Crippen LogP contribution in [0.3, 0.4) is 0 Å². The van der Waals surface area contributed by atoms with E-state index in [1.807, 2.05) is 0 Å². The third-order valence-corrected chi connectivity index (χ3v) is 9.37. The van der Waals surface area contributed by atoms with Gasteiger partial charge in [-0.3, -0.25) is 14.5 Å². The summed E-state index contributed by atoms with van der Waals surface area (Å²) in [5.74, 6) is -2.07. The zero-order valence-corrected chi connectivity index (χ0v) is 18.1. The van der Waals surface area contributed by atoms with Crippen LogP contribution in [0.25, 0.3) is 0 Å². The Labute approximate surface area is 157 Å². The SMILES string of the molecule is [CH2]C(=O)c1ccnc(N(C(C)=O)C(C)(C)CO[Si](C)(C)C(C)(C)C)c1F. The molecule has 0 N–H and O–H groups in total. The van der Waals surface area contributed by atoms with Crippen LogP contribution in [0.1, 0.15) is 51.9 Å². The van der Waals surface area contributed by atoms with Crippen LogP contribution in [-0.4, -0.2) is 37.1 Å². The molecule has 0 spiro atoms. The maximum Gasteiger partial charge on any atom is 0.225 e. The highest BCUT2D eigenvalue weighted by Gasteiger charge is 2.41. The van der Waals surface area contributed by atoms with Crippen LogP contribution in [0.5, 0.6) is 0 Å². The summed E-state index contributed by atoms with van der Waals surface area (Å²) in [6, 6.07) is 1.26. The molecule has 0 fully saturated rings. The van der Waals surface area contributed by atoms with Crippen molar-refractivity contribution in [2.75, 3.05) is 11.5 Å². The van der Waals surface area contributed by atoms with Gasteiger partial charge in [0.05, 0.1) is 17.7 Å². The fraction of sp³-hybridized carbons (Fsp3) is 0.579. The largest absolute Gasteiger partial charge is 0.414 e. The second-order valence-corrected chi connectivity index (χ2v) is 13.4. The number of carbonyl (C=O) groups is 2. The van der Waals surface area contributed by atoms with E-state index in [4.69, 9.17) is 4.43 Å². The monoisotopic (exact) mass is 381 g/mol. The number of rotatable bonds is 6. The molecule has 7 heteroatoms. The number of Topliss-reactive ketones (excluding diaryl/α,β-unsaturated/α-hetero) is 1. The highest BCUT2D eigenvalue weighted by molar-refractivity contribution is 6.74. The van der Waals surface area contributed by atoms with Gasteiger partial charge in [-0.1, -0.05) is 20.8 Å². The second kappa shape index (κ2) is 7.56. The highest BCUT2D eigenvalue weighted by Crippen LogP contribution is 2.38. The summed E-state index contributed by atoms with van der Waals surface area (Å²) < 4.78 is 21.0. The van der Waals surface area contributed by atoms with Crippen LogP contribution in [0, 0.1) is 12.7 Å². The molecule has 1 rings (SSSR count). The number of halogens is 1. The van der Waals surface area contributed by atoms with E-state index in [9.17, 15) is 14.0 Å². The minimum atomic E-state index is -2.05. The average molecular weight is 382 g/mol. The standard InChI is InChI=1S/C19H30FN2O3Si/c1-13(23)15-10-11-21-17(16(15)20)22(14(2)24)19(6,7)12-25-26(8,9)18(3,4)5/h10-11H,1,12H2,2-9H3. The Balaban J connectivity index is 3.27. The summed E-state index contributed by atoms with van der Waals surface area (Å²) in [5.41, 5.74) is -1.04. The van der Waals surface area contributed by atoms with Gasteiger partial charge in [0.2, 0.25) is 5.91 Å². The molecule has 0 saturated heterocycles. The van der Waals surface area contributed by atoms with E-state index < -0.39 is 25.5 Å². The molecule has 0 aromatic carbocycles. The predicted molar refractivity (Wildman–Crippen MR) is 104 cm³/mol. The molecule has 1 amide bonds. The van der Waals surface area contributed by atoms with Crippen molar-refractivity contribution in [1.29, 1.82) is 0 Å². The van der Waals surface area contributed by atoms with Crippen LogP contribution >= 0.6 is 0 Å². The van der Waals surface area contributed by atoms with Crippen molar-refractivity contribution in [3.63, 3.8) is 0 Å². The van der Waals surface area contributed by atoms with Crippen LogP contribution < -0.4 is 4.90 Å². The van der Waals surface area contributed by atoms with Crippen molar-refractivity contribution in [3.8, 4) is 0 Å². The molecular weight excluding hydrogens is 351 g/mol. The summed E-state index contributed by atoms with van der Waals surface area (Å²) in [4.78, 5) is 29.1. The van der Waals surface area contributed by atoms with Gasteiger partial charge in [-0.05, 0) is 38.0 Å². The Morgan fingerprint density at radius 2 is 1.81 bits per heavy atom. The average Bonchev–Trinajstić information content (AvgIpc) is 2.45. The van der Waals surface area contributed by atoms with Crippen molar-refractivity contribution < 1.29 is 18.4 Å². The molecule has 145 valence electrons. The molecule has 1 heterocycles. The van der Waals surface area contributed by atoms with Gasteiger partial charge in [-0.15, -0.1) is 0 Å². The molecule has 1 aromatic heterocycles. The van der Waals surface area contributed by atoms with Gasteiger partial charge in [0.1, 0.15) is 0 Å². The summed E-state index contributed by atoms with van der Waals surface area (Å²) in [5, 5.41) is 0.00779. The van der Waals surface area contributed by atoms with Crippen molar-refractivity contribution in [2.24, 2.45) is 0 Å². The first-order chi connectivity index (χ1) is 11.6. The first-order valence-electron chi connectivity index (χ1n) is 8.57. The number of hydrogen-bond donors (Lipinski definition) is 0. The van der Waals surface area contributed by atoms with E-state index in [0.29, 0.717) is 0 Å². The fourth-order valence-corrected chi connectivity index (χ4v) is 3.45. The van der Waals surface area contributed by atoms with Gasteiger partial charge in [0, 0.05) is 20.0 Å². The Bertz CT molecular complexity index is 697. The maximum absolute atomic E-state index is 14.8. The van der Waals surface area contributed by atoms with E-state index in [2.05, 4.69) is 45.8 Å². The number of nitrogens with zero attached hydrogens (tertiary/aromatic N) is 2. The molecule has 0 aliphatic carbocycles. The predicted octanol–water partition coefficient (Wildman–Crippen LogP) is 4.39. The summed E-state index contributed by atoms with van der Waals surface area (Å²) in [6.07, 6.45) is 1.30. The fourth-order valence-electron chi connectivity index (χ4n) is 2.30. The van der Waals surface area contributed by atoms with Gasteiger partial charge >= 0.3 is 0 Å². The van der Waals surface area contributed by atoms with Gasteiger partial charge < -0.3 is 4.43 Å². The van der Waals surface area contributed by atoms with E-state index in [0.717, 1.165) is 0 Å². The van der Waals surface area contributed by atoms with Crippen LogP contribution in [0.15, 0.2) is 12.3 Å². The highest BCUT2D eigenvalue weighted by atomic mass is 28.4. The minimum Gasteiger partial charge on any atom is -0.414 e. The van der Waals surface area contributed by atoms with E-state index in [-0.39, 0.29) is 28.9 Å². The lowest BCUT2D eigenvalue weighted by Crippen LogP contribution is -2.54. The van der Waals surface area contributed by atoms with Crippen LogP contribution in [-0.2, 0) is 9.22 Å². The van der Waals surface area contributed by atoms with E-state index >= 15 is 0 Å². The molecule has 0 bridgehead atoms. The number of carbonyl (C=O) groups excluding carboxylic acids is 2. The van der Waals surface area contributed by atoms with Crippen molar-refractivity contribution in [3.05, 3.63) is 30.6 Å². The number of amides is 1. The molecule has 0 unspecified atom stereocenters. The van der Waals surface area contributed by atoms with Gasteiger partial charge in [0.25, 0.3) is 0 Å². The number of ketones is 1. The topological polar surface area (TPSA) is 59.5 Å². The Kier molecular flexibility index (Phi) is 6.53. The third kappa shape index (κ3) is 4.76. The lowest BCUT2D eigenvalue weighted by atomic mass is 10.0. The summed E-state index contributed by atoms with van der Waals surface area (Å²) in [6.45, 7) is 19.0. The quantitative estimate of drug-likeness (QED) is 0.542. The minimum absolute atomic E-state index is 0.00779. The number of pyridine rings is 1. The molecule has 1 radical (unpaired) electrons. The number of anilines is 1. The molecule has 5 nitrogen and oxygen atoms in total. The number of aromatic nitrogens is 1. The third-order valence-electron chi connectivity index (χ3n) is 4.90. The van der Waals surface area contributed by atoms with Crippen molar-refractivity contribution in [2.45, 2.75) is 65.2 Å². The zero-order valence-electron chi connectivity index (χ0n) is 17.1. The molecule has 1 aromatic rings. The Morgan fingerprint density at radius 3 is 2.23 bits per heavy atom. The second-order valence-electron chi connectivity index (χ2n) is 8.64. The first-order valence-corrected chi connectivity index (χ1v) is 11.5. The normalized spacial score (nSPS) is 12.8. The molecular formula is C19H30FN2O3Si. The summed E-state index contributed by atoms with van der Waals surface area (Å²) in [7, 11) is -2.05. The lowest BCUT2D eigenvalue weighted by molar-refractivity contribution is -0.118.